The molecule has 3 rings (SSSR count). The number of carbonyl (C=O) groups excluding carboxylic acids is 1. The third-order valence-electron chi connectivity index (χ3n) is 4.64. The van der Waals surface area contributed by atoms with E-state index in [1.54, 1.807) is 6.07 Å². The zero-order valence-corrected chi connectivity index (χ0v) is 16.7. The summed E-state index contributed by atoms with van der Waals surface area (Å²) in [4.78, 5) is 27.5. The molecule has 0 atom stereocenters. The maximum absolute atomic E-state index is 12.6. The average molecular weight is 419 g/mol. The number of hydrogen-bond donors (Lipinski definition) is 2. The van der Waals surface area contributed by atoms with Crippen LogP contribution < -0.4 is 15.6 Å². The van der Waals surface area contributed by atoms with Crippen LogP contribution in [0.4, 0.5) is 0 Å². The van der Waals surface area contributed by atoms with Crippen LogP contribution in [0.2, 0.25) is 0 Å². The third-order valence-corrected chi connectivity index (χ3v) is 5.23. The van der Waals surface area contributed by atoms with Crippen molar-refractivity contribution >= 4 is 21.8 Å². The second-order valence-corrected chi connectivity index (χ2v) is 7.59. The summed E-state index contributed by atoms with van der Waals surface area (Å²) in [6.07, 6.45) is 4.17. The van der Waals surface area contributed by atoms with Crippen LogP contribution >= 0.6 is 15.9 Å². The van der Waals surface area contributed by atoms with Gasteiger partial charge < -0.3 is 15.0 Å². The molecule has 2 aromatic rings. The molecule has 5 nitrogen and oxygen atoms in total. The number of halogens is 1. The van der Waals surface area contributed by atoms with Gasteiger partial charge in [0.2, 0.25) is 0 Å². The number of benzene rings is 1. The van der Waals surface area contributed by atoms with Crippen molar-refractivity contribution in [2.45, 2.75) is 46.1 Å². The molecule has 0 saturated carbocycles. The van der Waals surface area contributed by atoms with Crippen LogP contribution in [-0.2, 0) is 13.0 Å². The van der Waals surface area contributed by atoms with E-state index in [0.29, 0.717) is 17.7 Å². The Hall–Kier alpha value is -2.08. The first-order chi connectivity index (χ1) is 12.5. The largest absolute Gasteiger partial charge is 0.492 e. The number of rotatable bonds is 3. The Balaban J connectivity index is 1.79. The molecule has 0 aliphatic carbocycles. The fraction of sp³-hybridized carbons (Fsp3) is 0.400. The van der Waals surface area contributed by atoms with Crippen molar-refractivity contribution in [2.24, 2.45) is 0 Å². The van der Waals surface area contributed by atoms with Crippen molar-refractivity contribution in [3.8, 4) is 5.75 Å². The first kappa shape index (κ1) is 18.7. The van der Waals surface area contributed by atoms with Crippen molar-refractivity contribution in [2.75, 3.05) is 6.61 Å². The van der Waals surface area contributed by atoms with Gasteiger partial charge in [0, 0.05) is 23.4 Å². The summed E-state index contributed by atoms with van der Waals surface area (Å²) in [6, 6.07) is 5.58. The second kappa shape index (κ2) is 8.08. The quantitative estimate of drug-likeness (QED) is 0.796. The minimum atomic E-state index is -0.199. The molecule has 2 heterocycles. The van der Waals surface area contributed by atoms with Gasteiger partial charge in [0.25, 0.3) is 11.5 Å². The molecule has 0 fully saturated rings. The van der Waals surface area contributed by atoms with E-state index in [2.05, 4.69) is 26.2 Å². The summed E-state index contributed by atoms with van der Waals surface area (Å²) in [7, 11) is 0. The number of carbonyl (C=O) groups is 1. The highest BCUT2D eigenvalue weighted by Gasteiger charge is 2.17. The molecule has 0 spiro atoms. The van der Waals surface area contributed by atoms with Crippen LogP contribution in [0.1, 0.15) is 52.0 Å². The molecule has 1 aliphatic rings. The minimum Gasteiger partial charge on any atom is -0.492 e. The molecule has 6 heteroatoms. The van der Waals surface area contributed by atoms with Crippen LogP contribution in [-0.4, -0.2) is 17.5 Å². The third kappa shape index (κ3) is 4.18. The number of aryl methyl sites for hydroxylation is 3. The Kier molecular flexibility index (Phi) is 5.81. The Morgan fingerprint density at radius 2 is 2.04 bits per heavy atom. The molecule has 1 amide bonds. The lowest BCUT2D eigenvalue weighted by atomic mass is 10.0. The van der Waals surface area contributed by atoms with Crippen molar-refractivity contribution in [1.82, 2.24) is 10.3 Å². The highest BCUT2D eigenvalue weighted by molar-refractivity contribution is 9.10. The van der Waals surface area contributed by atoms with Crippen LogP contribution in [0.25, 0.3) is 0 Å². The van der Waals surface area contributed by atoms with E-state index in [1.807, 2.05) is 26.0 Å². The first-order valence-corrected chi connectivity index (χ1v) is 9.68. The molecule has 138 valence electrons. The molecular weight excluding hydrogens is 396 g/mol. The lowest BCUT2D eigenvalue weighted by Crippen LogP contribution is -2.28. The van der Waals surface area contributed by atoms with E-state index in [4.69, 9.17) is 4.74 Å². The SMILES string of the molecule is Cc1cc(C)c(CNC(=O)c2cc(Br)c3c(c2)CCCCCO3)c(=O)[nH]1. The summed E-state index contributed by atoms with van der Waals surface area (Å²) in [6.45, 7) is 4.62. The number of aromatic nitrogens is 1. The number of hydrogen-bond acceptors (Lipinski definition) is 3. The van der Waals surface area contributed by atoms with Crippen LogP contribution in [0, 0.1) is 13.8 Å². The van der Waals surface area contributed by atoms with Gasteiger partial charge in [-0.2, -0.15) is 0 Å². The van der Waals surface area contributed by atoms with E-state index in [0.717, 1.165) is 52.7 Å². The topological polar surface area (TPSA) is 71.2 Å². The first-order valence-electron chi connectivity index (χ1n) is 8.88. The van der Waals surface area contributed by atoms with Crippen molar-refractivity contribution in [3.05, 3.63) is 61.0 Å². The fourth-order valence-electron chi connectivity index (χ4n) is 3.27. The Labute approximate surface area is 161 Å². The molecule has 0 unspecified atom stereocenters. The number of fused-ring (bicyclic) bond motifs is 1. The van der Waals surface area contributed by atoms with Gasteiger partial charge in [-0.05, 0) is 84.8 Å². The molecule has 1 aromatic heterocycles. The summed E-state index contributed by atoms with van der Waals surface area (Å²) in [5.74, 6) is 0.641. The van der Waals surface area contributed by atoms with Crippen LogP contribution in [0.5, 0.6) is 5.75 Å². The molecule has 2 N–H and O–H groups in total. The summed E-state index contributed by atoms with van der Waals surface area (Å²) in [5.41, 5.74) is 3.73. The monoisotopic (exact) mass is 418 g/mol. The Morgan fingerprint density at radius 3 is 2.81 bits per heavy atom. The van der Waals surface area contributed by atoms with E-state index < -0.39 is 0 Å². The van der Waals surface area contributed by atoms with Gasteiger partial charge in [-0.15, -0.1) is 0 Å². The zero-order chi connectivity index (χ0) is 18.7. The minimum absolute atomic E-state index is 0.157. The number of aromatic amines is 1. The van der Waals surface area contributed by atoms with E-state index in [9.17, 15) is 9.59 Å². The second-order valence-electron chi connectivity index (χ2n) is 6.73. The fourth-order valence-corrected chi connectivity index (χ4v) is 3.89. The zero-order valence-electron chi connectivity index (χ0n) is 15.1. The van der Waals surface area contributed by atoms with Crippen LogP contribution in [0.15, 0.2) is 27.5 Å². The molecular formula is C20H23BrN2O3. The maximum Gasteiger partial charge on any atom is 0.253 e. The normalized spacial score (nSPS) is 14.0. The highest BCUT2D eigenvalue weighted by Crippen LogP contribution is 2.33. The van der Waals surface area contributed by atoms with Crippen LogP contribution in [0.3, 0.4) is 0 Å². The average Bonchev–Trinajstić information content (AvgIpc) is 2.54. The van der Waals surface area contributed by atoms with Gasteiger partial charge in [-0.1, -0.05) is 0 Å². The van der Waals surface area contributed by atoms with Crippen molar-refractivity contribution < 1.29 is 9.53 Å². The lowest BCUT2D eigenvalue weighted by molar-refractivity contribution is 0.0950. The van der Waals surface area contributed by atoms with Gasteiger partial charge >= 0.3 is 0 Å². The predicted molar refractivity (Wildman–Crippen MR) is 105 cm³/mol. The summed E-state index contributed by atoms with van der Waals surface area (Å²) >= 11 is 3.53. The Morgan fingerprint density at radius 1 is 1.23 bits per heavy atom. The van der Waals surface area contributed by atoms with Crippen molar-refractivity contribution in [3.63, 3.8) is 0 Å². The molecule has 0 saturated heterocycles. The smallest absolute Gasteiger partial charge is 0.253 e. The van der Waals surface area contributed by atoms with Gasteiger partial charge in [-0.25, -0.2) is 0 Å². The van der Waals surface area contributed by atoms with Crippen molar-refractivity contribution in [1.29, 1.82) is 0 Å². The standard InChI is InChI=1S/C20H23BrN2O3/c1-12-8-13(2)23-20(25)16(12)11-22-19(24)15-9-14-6-4-3-5-7-26-18(14)17(21)10-15/h8-10H,3-7,11H2,1-2H3,(H,22,24)(H,23,25). The lowest BCUT2D eigenvalue weighted by Gasteiger charge is -2.18. The number of ether oxygens (including phenoxy) is 1. The molecule has 26 heavy (non-hydrogen) atoms. The number of pyridine rings is 1. The van der Waals surface area contributed by atoms with Gasteiger partial charge in [0.05, 0.1) is 11.1 Å². The number of amides is 1. The summed E-state index contributed by atoms with van der Waals surface area (Å²) in [5, 5.41) is 2.86. The summed E-state index contributed by atoms with van der Waals surface area (Å²) < 4.78 is 6.64. The molecule has 1 aliphatic heterocycles. The molecule has 0 bridgehead atoms. The van der Waals surface area contributed by atoms with Gasteiger partial charge in [-0.3, -0.25) is 9.59 Å². The van der Waals surface area contributed by atoms with E-state index in [-0.39, 0.29) is 18.0 Å². The number of nitrogens with one attached hydrogen (secondary N) is 2. The van der Waals surface area contributed by atoms with E-state index in [1.165, 1.54) is 0 Å². The Bertz CT molecular complexity index is 889. The number of H-pyrrole nitrogens is 1. The highest BCUT2D eigenvalue weighted by atomic mass is 79.9. The van der Waals surface area contributed by atoms with Gasteiger partial charge in [0.15, 0.2) is 0 Å². The predicted octanol–water partition coefficient (Wildman–Crippen LogP) is 3.79. The maximum atomic E-state index is 12.6. The molecule has 1 aromatic carbocycles. The van der Waals surface area contributed by atoms with Gasteiger partial charge in [0.1, 0.15) is 5.75 Å². The molecule has 0 radical (unpaired) electrons. The van der Waals surface area contributed by atoms with E-state index >= 15 is 0 Å².